The van der Waals surface area contributed by atoms with E-state index in [1.54, 1.807) is 0 Å². The van der Waals surface area contributed by atoms with Crippen molar-refractivity contribution in [1.82, 2.24) is 0 Å². The second-order valence-corrected chi connectivity index (χ2v) is 6.41. The molecule has 0 amide bonds. The molecule has 0 saturated carbocycles. The van der Waals surface area contributed by atoms with Crippen molar-refractivity contribution >= 4 is 49.5 Å². The number of hydrogen-bond donors (Lipinski definition) is 1. The Morgan fingerprint density at radius 3 is 2.68 bits per heavy atom. The van der Waals surface area contributed by atoms with Gasteiger partial charge in [0.05, 0.1) is 6.04 Å². The minimum atomic E-state index is -0.253. The SMILES string of the molecule is NC(c1cc2ccccc2o1)c1cc(Br)ccc1I. The minimum Gasteiger partial charge on any atom is -0.459 e. The number of benzene rings is 2. The molecule has 1 heterocycles. The smallest absolute Gasteiger partial charge is 0.134 e. The lowest BCUT2D eigenvalue weighted by molar-refractivity contribution is 0.524. The van der Waals surface area contributed by atoms with E-state index >= 15 is 0 Å². The highest BCUT2D eigenvalue weighted by Gasteiger charge is 2.16. The third kappa shape index (κ3) is 2.57. The van der Waals surface area contributed by atoms with E-state index < -0.39 is 0 Å². The first kappa shape index (κ1) is 13.1. The molecule has 0 spiro atoms. The summed E-state index contributed by atoms with van der Waals surface area (Å²) in [6.45, 7) is 0. The molecule has 1 unspecified atom stereocenters. The summed E-state index contributed by atoms with van der Waals surface area (Å²) in [5.41, 5.74) is 8.27. The summed E-state index contributed by atoms with van der Waals surface area (Å²) in [5.74, 6) is 0.789. The number of furan rings is 1. The van der Waals surface area contributed by atoms with Crippen molar-refractivity contribution in [2.75, 3.05) is 0 Å². The zero-order chi connectivity index (χ0) is 13.4. The molecule has 2 nitrogen and oxygen atoms in total. The summed E-state index contributed by atoms with van der Waals surface area (Å²) in [6, 6.07) is 15.8. The molecule has 1 atom stereocenters. The van der Waals surface area contributed by atoms with Gasteiger partial charge in [-0.05, 0) is 58.5 Å². The van der Waals surface area contributed by atoms with Crippen LogP contribution < -0.4 is 5.73 Å². The summed E-state index contributed by atoms with van der Waals surface area (Å²) < 4.78 is 7.99. The van der Waals surface area contributed by atoms with E-state index in [-0.39, 0.29) is 6.04 Å². The molecule has 19 heavy (non-hydrogen) atoms. The summed E-state index contributed by atoms with van der Waals surface area (Å²) in [4.78, 5) is 0. The van der Waals surface area contributed by atoms with E-state index in [9.17, 15) is 0 Å². The number of nitrogens with two attached hydrogens (primary N) is 1. The maximum atomic E-state index is 6.33. The average Bonchev–Trinajstić information content (AvgIpc) is 2.84. The van der Waals surface area contributed by atoms with Gasteiger partial charge in [0.1, 0.15) is 11.3 Å². The molecule has 3 rings (SSSR count). The van der Waals surface area contributed by atoms with Gasteiger partial charge in [0.2, 0.25) is 0 Å². The molecule has 0 radical (unpaired) electrons. The number of hydrogen-bond acceptors (Lipinski definition) is 2. The number of para-hydroxylation sites is 1. The van der Waals surface area contributed by atoms with Crippen LogP contribution in [0, 0.1) is 3.57 Å². The largest absolute Gasteiger partial charge is 0.459 e. The second kappa shape index (κ2) is 5.26. The van der Waals surface area contributed by atoms with Crippen LogP contribution >= 0.6 is 38.5 Å². The van der Waals surface area contributed by atoms with Crippen molar-refractivity contribution in [3.63, 3.8) is 0 Å². The molecule has 4 heteroatoms. The molecular formula is C15H11BrINO. The molecule has 0 saturated heterocycles. The van der Waals surface area contributed by atoms with Gasteiger partial charge in [0.25, 0.3) is 0 Å². The predicted molar refractivity (Wildman–Crippen MR) is 89.1 cm³/mol. The standard InChI is InChI=1S/C15H11BrINO/c16-10-5-6-12(17)11(8-10)15(18)14-7-9-3-1-2-4-13(9)19-14/h1-8,15H,18H2. The van der Waals surface area contributed by atoms with Gasteiger partial charge in [0, 0.05) is 13.4 Å². The van der Waals surface area contributed by atoms with Gasteiger partial charge < -0.3 is 10.2 Å². The van der Waals surface area contributed by atoms with E-state index in [4.69, 9.17) is 10.2 Å². The molecule has 2 aromatic carbocycles. The lowest BCUT2D eigenvalue weighted by Gasteiger charge is -2.11. The zero-order valence-electron chi connectivity index (χ0n) is 9.94. The van der Waals surface area contributed by atoms with Gasteiger partial charge in [-0.2, -0.15) is 0 Å². The van der Waals surface area contributed by atoms with E-state index in [0.29, 0.717) is 0 Å². The molecule has 1 aromatic heterocycles. The summed E-state index contributed by atoms with van der Waals surface area (Å²) >= 11 is 5.78. The van der Waals surface area contributed by atoms with Gasteiger partial charge in [-0.1, -0.05) is 34.1 Å². The Kier molecular flexibility index (Phi) is 3.64. The molecule has 0 aliphatic rings. The normalized spacial score (nSPS) is 12.8. The predicted octanol–water partition coefficient (Wildman–Crippen LogP) is 4.85. The topological polar surface area (TPSA) is 39.2 Å². The molecule has 0 bridgehead atoms. The van der Waals surface area contributed by atoms with Crippen LogP contribution in [0.3, 0.4) is 0 Å². The van der Waals surface area contributed by atoms with Gasteiger partial charge in [-0.3, -0.25) is 0 Å². The molecular weight excluding hydrogens is 417 g/mol. The second-order valence-electron chi connectivity index (χ2n) is 4.33. The maximum Gasteiger partial charge on any atom is 0.134 e. The molecule has 0 fully saturated rings. The quantitative estimate of drug-likeness (QED) is 0.594. The van der Waals surface area contributed by atoms with Gasteiger partial charge in [-0.15, -0.1) is 0 Å². The Bertz CT molecular complexity index is 705. The van der Waals surface area contributed by atoms with Crippen molar-refractivity contribution in [2.45, 2.75) is 6.04 Å². The fraction of sp³-hybridized carbons (Fsp3) is 0.0667. The van der Waals surface area contributed by atoms with Crippen LogP contribution in [0.25, 0.3) is 11.0 Å². The van der Waals surface area contributed by atoms with E-state index in [1.165, 1.54) is 0 Å². The van der Waals surface area contributed by atoms with Crippen LogP contribution in [0.5, 0.6) is 0 Å². The molecule has 3 aromatic rings. The average molecular weight is 428 g/mol. The first-order valence-corrected chi connectivity index (χ1v) is 7.71. The number of rotatable bonds is 2. The van der Waals surface area contributed by atoms with Gasteiger partial charge >= 0.3 is 0 Å². The van der Waals surface area contributed by atoms with Crippen molar-refractivity contribution in [3.05, 3.63) is 67.9 Å². The van der Waals surface area contributed by atoms with Crippen LogP contribution in [-0.2, 0) is 0 Å². The summed E-state index contributed by atoms with van der Waals surface area (Å²) in [5, 5.41) is 1.08. The first-order chi connectivity index (χ1) is 9.15. The Hall–Kier alpha value is -0.850. The third-order valence-corrected chi connectivity index (χ3v) is 4.52. The number of fused-ring (bicyclic) bond motifs is 1. The molecule has 0 aliphatic carbocycles. The Balaban J connectivity index is 2.07. The molecule has 96 valence electrons. The van der Waals surface area contributed by atoms with E-state index in [2.05, 4.69) is 38.5 Å². The minimum absolute atomic E-state index is 0.253. The van der Waals surface area contributed by atoms with Crippen LogP contribution in [-0.4, -0.2) is 0 Å². The fourth-order valence-corrected chi connectivity index (χ4v) is 3.11. The highest BCUT2D eigenvalue weighted by molar-refractivity contribution is 14.1. The zero-order valence-corrected chi connectivity index (χ0v) is 13.7. The monoisotopic (exact) mass is 427 g/mol. The summed E-state index contributed by atoms with van der Waals surface area (Å²) in [6.07, 6.45) is 0. The molecule has 2 N–H and O–H groups in total. The Morgan fingerprint density at radius 2 is 1.89 bits per heavy atom. The fourth-order valence-electron chi connectivity index (χ4n) is 2.06. The van der Waals surface area contributed by atoms with Crippen LogP contribution in [0.4, 0.5) is 0 Å². The van der Waals surface area contributed by atoms with Crippen LogP contribution in [0.2, 0.25) is 0 Å². The maximum absolute atomic E-state index is 6.33. The molecule has 0 aliphatic heterocycles. The van der Waals surface area contributed by atoms with Crippen LogP contribution in [0.1, 0.15) is 17.4 Å². The van der Waals surface area contributed by atoms with Crippen molar-refractivity contribution in [3.8, 4) is 0 Å². The summed E-state index contributed by atoms with van der Waals surface area (Å²) in [7, 11) is 0. The number of halogens is 2. The van der Waals surface area contributed by atoms with E-state index in [1.807, 2.05) is 48.5 Å². The Labute approximate surface area is 133 Å². The van der Waals surface area contributed by atoms with Crippen molar-refractivity contribution in [2.24, 2.45) is 5.73 Å². The van der Waals surface area contributed by atoms with Crippen LogP contribution in [0.15, 0.2) is 57.4 Å². The Morgan fingerprint density at radius 1 is 1.11 bits per heavy atom. The van der Waals surface area contributed by atoms with Crippen molar-refractivity contribution in [1.29, 1.82) is 0 Å². The lowest BCUT2D eigenvalue weighted by Crippen LogP contribution is -2.12. The highest BCUT2D eigenvalue weighted by Crippen LogP contribution is 2.30. The third-order valence-electron chi connectivity index (χ3n) is 3.04. The lowest BCUT2D eigenvalue weighted by atomic mass is 10.1. The highest BCUT2D eigenvalue weighted by atomic mass is 127. The van der Waals surface area contributed by atoms with Crippen molar-refractivity contribution < 1.29 is 4.42 Å². The van der Waals surface area contributed by atoms with E-state index in [0.717, 1.165) is 30.3 Å². The first-order valence-electron chi connectivity index (χ1n) is 5.84. The van der Waals surface area contributed by atoms with Gasteiger partial charge in [-0.25, -0.2) is 0 Å². The van der Waals surface area contributed by atoms with Gasteiger partial charge in [0.15, 0.2) is 0 Å².